The van der Waals surface area contributed by atoms with Crippen molar-refractivity contribution in [2.75, 3.05) is 38.4 Å². The van der Waals surface area contributed by atoms with E-state index in [-0.39, 0.29) is 74.6 Å². The summed E-state index contributed by atoms with van der Waals surface area (Å²) in [5.74, 6) is -1.25. The summed E-state index contributed by atoms with van der Waals surface area (Å²) in [6.07, 6.45) is 7.73. The Labute approximate surface area is 339 Å². The summed E-state index contributed by atoms with van der Waals surface area (Å²) in [5.41, 5.74) is 4.61. The van der Waals surface area contributed by atoms with Gasteiger partial charge in [-0.2, -0.15) is 0 Å². The van der Waals surface area contributed by atoms with Gasteiger partial charge >= 0.3 is 12.1 Å². The lowest BCUT2D eigenvalue weighted by molar-refractivity contribution is -0.208. The van der Waals surface area contributed by atoms with Gasteiger partial charge in [-0.25, -0.2) is 9.59 Å². The second-order valence-electron chi connectivity index (χ2n) is 16.3. The van der Waals surface area contributed by atoms with Gasteiger partial charge in [0.25, 0.3) is 0 Å². The predicted molar refractivity (Wildman–Crippen MR) is 212 cm³/mol. The number of allylic oxidation sites excluding steroid dienone is 4. The predicted octanol–water partition coefficient (Wildman–Crippen LogP) is 3.77. The molecule has 5 amide bonds. The van der Waals surface area contributed by atoms with Gasteiger partial charge in [-0.15, -0.1) is 0 Å². The maximum absolute atomic E-state index is 14.3. The number of alkyl carbamates (subject to hydrolysis) is 1. The minimum atomic E-state index is -1.40. The van der Waals surface area contributed by atoms with Crippen molar-refractivity contribution in [3.05, 3.63) is 53.6 Å². The summed E-state index contributed by atoms with van der Waals surface area (Å²) in [5, 5.41) is 22.1. The highest BCUT2D eigenvalue weighted by molar-refractivity contribution is 6.01. The van der Waals surface area contributed by atoms with E-state index in [0.717, 1.165) is 24.8 Å². The van der Waals surface area contributed by atoms with Gasteiger partial charge in [0.1, 0.15) is 26.5 Å². The van der Waals surface area contributed by atoms with Gasteiger partial charge in [0.15, 0.2) is 23.5 Å². The molecule has 1 aromatic carbocycles. The van der Waals surface area contributed by atoms with Crippen molar-refractivity contribution in [1.29, 1.82) is 0 Å². The number of benzene rings is 1. The van der Waals surface area contributed by atoms with Crippen molar-refractivity contribution in [1.82, 2.24) is 16.0 Å². The molecule has 0 spiro atoms. The Hall–Kier alpha value is -4.64. The van der Waals surface area contributed by atoms with Crippen molar-refractivity contribution >= 4 is 41.2 Å². The van der Waals surface area contributed by atoms with E-state index in [1.165, 1.54) is 0 Å². The summed E-state index contributed by atoms with van der Waals surface area (Å²) >= 11 is 0. The van der Waals surface area contributed by atoms with Crippen LogP contribution in [0.15, 0.2) is 48.1 Å². The first-order chi connectivity index (χ1) is 27.6. The number of primary amides is 1. The molecule has 3 fully saturated rings. The molecule has 1 aromatic rings. The average molecular weight is 810 g/mol. The molecule has 4 aliphatic rings. The van der Waals surface area contributed by atoms with Crippen LogP contribution in [0.1, 0.15) is 84.6 Å². The maximum atomic E-state index is 14.3. The second-order valence-corrected chi connectivity index (χ2v) is 16.3. The van der Waals surface area contributed by atoms with E-state index >= 15 is 0 Å². The van der Waals surface area contributed by atoms with E-state index in [9.17, 15) is 33.9 Å². The Morgan fingerprint density at radius 3 is 2.52 bits per heavy atom. The number of rotatable bonds is 18. The summed E-state index contributed by atoms with van der Waals surface area (Å²) in [6.45, 7) is 7.50. The van der Waals surface area contributed by atoms with Gasteiger partial charge in [-0.1, -0.05) is 57.9 Å². The Morgan fingerprint density at radius 1 is 1.03 bits per heavy atom. The molecule has 0 aromatic heterocycles. The van der Waals surface area contributed by atoms with Crippen LogP contribution in [0.25, 0.3) is 0 Å². The largest absolute Gasteiger partial charge is 0.445 e. The summed E-state index contributed by atoms with van der Waals surface area (Å²) in [6, 6.07) is 6.14. The zero-order valence-electron chi connectivity index (χ0n) is 33.9. The lowest BCUT2D eigenvalue weighted by atomic mass is 9.44. The van der Waals surface area contributed by atoms with Crippen LogP contribution in [0.5, 0.6) is 0 Å². The number of carbonyl (C=O) groups excluding carboxylic acids is 6. The van der Waals surface area contributed by atoms with E-state index in [4.69, 9.17) is 24.7 Å². The number of aliphatic hydroxyl groups excluding tert-OH is 1. The standard InChI is InChI=1S/C42H59N5O11/c1-5-8-36-57-24-42(58-36,41(4)20-32(49)37-31(26(41)2)15-12-28-19-30(48)16-17-40(28,37)3)33(50)23-55-25-46-35(52)21-45-39(54)56-22-27-10-13-29(14-11-27)47-34(51)9-6-7-18-44-38(43)53/h10-11,13-14,16-17,19,26,31-32,36-37,49H,5-9,12,15,18,20-25H2,1-4H3,(H,45,54)(H,46,52)(H,47,51)(H3,43,44,53). The molecular weight excluding hydrogens is 750 g/mol. The van der Waals surface area contributed by atoms with Gasteiger partial charge in [0, 0.05) is 35.4 Å². The number of ketones is 2. The Bertz CT molecular complexity index is 1750. The van der Waals surface area contributed by atoms with Crippen LogP contribution < -0.4 is 27.0 Å². The number of unbranched alkanes of at least 4 members (excludes halogenated alkanes) is 1. The lowest BCUT2D eigenvalue weighted by Crippen LogP contribution is -2.66. The zero-order chi connectivity index (χ0) is 42.1. The maximum Gasteiger partial charge on any atom is 0.407 e. The highest BCUT2D eigenvalue weighted by atomic mass is 16.7. The fourth-order valence-electron chi connectivity index (χ4n) is 9.33. The van der Waals surface area contributed by atoms with Crippen molar-refractivity contribution in [3.8, 4) is 0 Å². The molecule has 1 heterocycles. The quantitative estimate of drug-likeness (QED) is 0.0923. The third-order valence-corrected chi connectivity index (χ3v) is 12.6. The number of anilines is 1. The molecule has 0 radical (unpaired) electrons. The number of carbonyl (C=O) groups is 6. The second kappa shape index (κ2) is 19.4. The zero-order valence-corrected chi connectivity index (χ0v) is 33.9. The van der Waals surface area contributed by atoms with E-state index in [2.05, 4.69) is 35.1 Å². The Balaban J connectivity index is 1.07. The van der Waals surface area contributed by atoms with Crippen LogP contribution in [0.4, 0.5) is 15.3 Å². The monoisotopic (exact) mass is 809 g/mol. The van der Waals surface area contributed by atoms with Gasteiger partial charge in [0.05, 0.1) is 12.7 Å². The molecule has 58 heavy (non-hydrogen) atoms. The highest BCUT2D eigenvalue weighted by Gasteiger charge is 2.67. The van der Waals surface area contributed by atoms with Crippen molar-refractivity contribution in [2.24, 2.45) is 34.3 Å². The molecule has 0 bridgehead atoms. The van der Waals surface area contributed by atoms with Gasteiger partial charge < -0.3 is 51.1 Å². The number of aliphatic hydroxyl groups is 1. The molecule has 16 heteroatoms. The molecular formula is C42H59N5O11. The molecule has 16 nitrogen and oxygen atoms in total. The SMILES string of the molecule is CCCC1OCC(C(=O)COCNC(=O)CNC(=O)OCc2ccc(NC(=O)CCCCNC(N)=O)cc2)(C2(C)CC(O)C3C(CCC4=CC(=O)C=CC43C)C2C)O1. The third kappa shape index (κ3) is 10.1. The minimum Gasteiger partial charge on any atom is -0.445 e. The van der Waals surface area contributed by atoms with Crippen LogP contribution in [0.2, 0.25) is 0 Å². The van der Waals surface area contributed by atoms with Gasteiger partial charge in [-0.05, 0) is 80.2 Å². The van der Waals surface area contributed by atoms with E-state index in [1.807, 2.05) is 19.9 Å². The molecule has 1 aliphatic heterocycles. The molecule has 5 rings (SSSR count). The topological polar surface area (TPSA) is 234 Å². The smallest absolute Gasteiger partial charge is 0.407 e. The summed E-state index contributed by atoms with van der Waals surface area (Å²) in [7, 11) is 0. The Morgan fingerprint density at radius 2 is 1.79 bits per heavy atom. The van der Waals surface area contributed by atoms with Crippen molar-refractivity contribution in [3.63, 3.8) is 0 Å². The number of ether oxygens (including phenoxy) is 4. The first-order valence-electron chi connectivity index (χ1n) is 20.2. The molecule has 8 unspecified atom stereocenters. The van der Waals surface area contributed by atoms with Crippen LogP contribution in [-0.4, -0.2) is 91.6 Å². The minimum absolute atomic E-state index is 0.0147. The molecule has 318 valence electrons. The van der Waals surface area contributed by atoms with E-state index in [0.29, 0.717) is 37.1 Å². The van der Waals surface area contributed by atoms with Gasteiger partial charge in [-0.3, -0.25) is 19.2 Å². The van der Waals surface area contributed by atoms with Crippen molar-refractivity contribution in [2.45, 2.75) is 104 Å². The van der Waals surface area contributed by atoms with Crippen LogP contribution in [-0.2, 0) is 44.7 Å². The fraction of sp³-hybridized carbons (Fsp3) is 0.619. The van der Waals surface area contributed by atoms with Crippen LogP contribution in [0.3, 0.4) is 0 Å². The van der Waals surface area contributed by atoms with Crippen LogP contribution in [0, 0.1) is 28.6 Å². The molecule has 1 saturated heterocycles. The highest BCUT2D eigenvalue weighted by Crippen LogP contribution is 2.64. The van der Waals surface area contributed by atoms with E-state index in [1.54, 1.807) is 36.4 Å². The number of Topliss-reactive ketones (excluding diaryl/α,β-unsaturated/α-hetero) is 1. The number of hydrogen-bond donors (Lipinski definition) is 6. The molecule has 3 aliphatic carbocycles. The van der Waals surface area contributed by atoms with Gasteiger partial charge in [0.2, 0.25) is 11.8 Å². The number of nitrogens with one attached hydrogen (secondary N) is 4. The number of urea groups is 1. The number of nitrogens with two attached hydrogens (primary N) is 1. The first kappa shape index (κ1) is 44.5. The molecule has 2 saturated carbocycles. The van der Waals surface area contributed by atoms with E-state index < -0.39 is 53.4 Å². The normalized spacial score (nSPS) is 30.0. The van der Waals surface area contributed by atoms with Crippen LogP contribution >= 0.6 is 0 Å². The molecule has 8 atom stereocenters. The lowest BCUT2D eigenvalue weighted by Gasteiger charge is -2.61. The summed E-state index contributed by atoms with van der Waals surface area (Å²) in [4.78, 5) is 74.1. The molecule has 7 N–H and O–H groups in total. The third-order valence-electron chi connectivity index (χ3n) is 12.6. The average Bonchev–Trinajstić information content (AvgIpc) is 3.63. The van der Waals surface area contributed by atoms with Crippen molar-refractivity contribution < 1.29 is 52.8 Å². The number of fused-ring (bicyclic) bond motifs is 3. The fourth-order valence-corrected chi connectivity index (χ4v) is 9.33. The first-order valence-corrected chi connectivity index (χ1v) is 20.2. The number of hydrogen-bond acceptors (Lipinski definition) is 11. The Kier molecular flexibility index (Phi) is 14.9. The summed E-state index contributed by atoms with van der Waals surface area (Å²) < 4.78 is 23.5. The number of amides is 5.